The van der Waals surface area contributed by atoms with Gasteiger partial charge in [0.15, 0.2) is 5.78 Å². The first-order valence-electron chi connectivity index (χ1n) is 8.50. The van der Waals surface area contributed by atoms with Gasteiger partial charge in [-0.1, -0.05) is 41.5 Å². The number of rotatable bonds is 3. The zero-order chi connectivity index (χ0) is 19.0. The minimum atomic E-state index is -0.0789. The predicted molar refractivity (Wildman–Crippen MR) is 102 cm³/mol. The number of nitrogens with zero attached hydrogens (tertiary/aromatic N) is 4. The lowest BCUT2D eigenvalue weighted by Crippen LogP contribution is -2.24. The Morgan fingerprint density at radius 3 is 1.84 bits per heavy atom. The average molecular weight is 340 g/mol. The van der Waals surface area contributed by atoms with Crippen LogP contribution in [0.15, 0.2) is 24.4 Å². The SMILES string of the molecule is CC(=O)c1ccc(N(C)c2nc(C(C)(C)C)cc(C(C)(C)C)n2)nc1. The smallest absolute Gasteiger partial charge is 0.231 e. The van der Waals surface area contributed by atoms with Crippen molar-refractivity contribution in [2.75, 3.05) is 11.9 Å². The van der Waals surface area contributed by atoms with Crippen molar-refractivity contribution >= 4 is 17.5 Å². The van der Waals surface area contributed by atoms with Crippen molar-refractivity contribution in [2.24, 2.45) is 0 Å². The molecule has 2 heterocycles. The van der Waals surface area contributed by atoms with E-state index in [1.165, 1.54) is 6.92 Å². The molecular formula is C20H28N4O. The van der Waals surface area contributed by atoms with E-state index in [-0.39, 0.29) is 16.6 Å². The van der Waals surface area contributed by atoms with Crippen molar-refractivity contribution in [2.45, 2.75) is 59.3 Å². The highest BCUT2D eigenvalue weighted by atomic mass is 16.1. The van der Waals surface area contributed by atoms with Gasteiger partial charge in [-0.05, 0) is 25.1 Å². The highest BCUT2D eigenvalue weighted by Crippen LogP contribution is 2.29. The molecule has 0 amide bonds. The standard InChI is InChI=1S/C20H28N4O/c1-13(25)14-9-10-17(21-12-14)24(8)18-22-15(19(2,3)4)11-16(23-18)20(5,6)7/h9-12H,1-8H3. The number of carbonyl (C=O) groups is 1. The molecule has 0 bridgehead atoms. The number of ketones is 1. The zero-order valence-corrected chi connectivity index (χ0v) is 16.5. The fourth-order valence-corrected chi connectivity index (χ4v) is 2.25. The highest BCUT2D eigenvalue weighted by molar-refractivity contribution is 5.93. The molecule has 0 aromatic carbocycles. The number of hydrogen-bond acceptors (Lipinski definition) is 5. The summed E-state index contributed by atoms with van der Waals surface area (Å²) >= 11 is 0. The summed E-state index contributed by atoms with van der Waals surface area (Å²) in [7, 11) is 1.89. The summed E-state index contributed by atoms with van der Waals surface area (Å²) < 4.78 is 0. The van der Waals surface area contributed by atoms with E-state index < -0.39 is 0 Å². The van der Waals surface area contributed by atoms with Crippen LogP contribution in [0.3, 0.4) is 0 Å². The topological polar surface area (TPSA) is 59.0 Å². The minimum Gasteiger partial charge on any atom is -0.298 e. The van der Waals surface area contributed by atoms with Crippen molar-refractivity contribution in [3.8, 4) is 0 Å². The monoisotopic (exact) mass is 340 g/mol. The number of aromatic nitrogens is 3. The molecule has 2 aromatic rings. The van der Waals surface area contributed by atoms with E-state index in [4.69, 9.17) is 9.97 Å². The van der Waals surface area contributed by atoms with Gasteiger partial charge >= 0.3 is 0 Å². The molecule has 2 rings (SSSR count). The van der Waals surface area contributed by atoms with Crippen molar-refractivity contribution in [1.82, 2.24) is 15.0 Å². The van der Waals surface area contributed by atoms with E-state index in [0.717, 1.165) is 11.4 Å². The Morgan fingerprint density at radius 1 is 0.960 bits per heavy atom. The van der Waals surface area contributed by atoms with Gasteiger partial charge in [0.25, 0.3) is 0 Å². The number of Topliss-reactive ketones (excluding diaryl/α,β-unsaturated/α-hetero) is 1. The number of pyridine rings is 1. The zero-order valence-electron chi connectivity index (χ0n) is 16.5. The summed E-state index contributed by atoms with van der Waals surface area (Å²) in [6.07, 6.45) is 1.59. The lowest BCUT2D eigenvalue weighted by molar-refractivity contribution is 0.101. The fraction of sp³-hybridized carbons (Fsp3) is 0.500. The number of hydrogen-bond donors (Lipinski definition) is 0. The average Bonchev–Trinajstić information content (AvgIpc) is 2.52. The van der Waals surface area contributed by atoms with Crippen LogP contribution in [-0.4, -0.2) is 27.8 Å². The fourth-order valence-electron chi connectivity index (χ4n) is 2.25. The van der Waals surface area contributed by atoms with Gasteiger partial charge in [0.1, 0.15) is 5.82 Å². The minimum absolute atomic E-state index is 0.00250. The Kier molecular flexibility index (Phi) is 4.98. The van der Waals surface area contributed by atoms with Crippen molar-refractivity contribution in [3.05, 3.63) is 41.3 Å². The van der Waals surface area contributed by atoms with Crippen LogP contribution < -0.4 is 4.90 Å². The van der Waals surface area contributed by atoms with Gasteiger partial charge in [0, 0.05) is 29.6 Å². The van der Waals surface area contributed by atoms with Gasteiger partial charge in [-0.3, -0.25) is 9.69 Å². The maximum atomic E-state index is 11.4. The van der Waals surface area contributed by atoms with Gasteiger partial charge in [0.2, 0.25) is 5.95 Å². The Labute approximate surface area is 150 Å². The normalized spacial score (nSPS) is 12.2. The van der Waals surface area contributed by atoms with E-state index in [1.54, 1.807) is 12.3 Å². The molecule has 0 aliphatic carbocycles. The largest absolute Gasteiger partial charge is 0.298 e. The highest BCUT2D eigenvalue weighted by Gasteiger charge is 2.24. The maximum Gasteiger partial charge on any atom is 0.231 e. The van der Waals surface area contributed by atoms with E-state index >= 15 is 0 Å². The van der Waals surface area contributed by atoms with Crippen molar-refractivity contribution < 1.29 is 4.79 Å². The van der Waals surface area contributed by atoms with Crippen LogP contribution in [0.1, 0.15) is 70.2 Å². The Balaban J connectivity index is 2.51. The number of anilines is 2. The molecule has 0 spiro atoms. The van der Waals surface area contributed by atoms with Gasteiger partial charge in [-0.15, -0.1) is 0 Å². The van der Waals surface area contributed by atoms with E-state index in [9.17, 15) is 4.79 Å². The van der Waals surface area contributed by atoms with Crippen LogP contribution in [-0.2, 0) is 10.8 Å². The molecule has 0 saturated carbocycles. The summed E-state index contributed by atoms with van der Waals surface area (Å²) in [5, 5.41) is 0. The summed E-state index contributed by atoms with van der Waals surface area (Å²) in [6.45, 7) is 14.4. The molecule has 0 saturated heterocycles. The predicted octanol–water partition coefficient (Wildman–Crippen LogP) is 4.44. The molecule has 0 unspecified atom stereocenters. The molecule has 0 N–H and O–H groups in total. The third-order valence-corrected chi connectivity index (χ3v) is 4.05. The second kappa shape index (κ2) is 6.54. The van der Waals surface area contributed by atoms with E-state index in [2.05, 4.69) is 52.6 Å². The third-order valence-electron chi connectivity index (χ3n) is 4.05. The molecule has 0 aliphatic heterocycles. The summed E-state index contributed by atoms with van der Waals surface area (Å²) in [5.41, 5.74) is 2.43. The van der Waals surface area contributed by atoms with Gasteiger partial charge < -0.3 is 0 Å². The van der Waals surface area contributed by atoms with Gasteiger partial charge in [-0.25, -0.2) is 15.0 Å². The summed E-state index contributed by atoms with van der Waals surface area (Å²) in [6, 6.07) is 5.68. The van der Waals surface area contributed by atoms with Crippen LogP contribution in [0.25, 0.3) is 0 Å². The molecule has 134 valence electrons. The molecular weight excluding hydrogens is 312 g/mol. The second-order valence-corrected chi connectivity index (χ2v) is 8.46. The second-order valence-electron chi connectivity index (χ2n) is 8.46. The van der Waals surface area contributed by atoms with Crippen LogP contribution in [0.2, 0.25) is 0 Å². The Hall–Kier alpha value is -2.30. The first-order valence-corrected chi connectivity index (χ1v) is 8.50. The van der Waals surface area contributed by atoms with E-state index in [1.807, 2.05) is 18.0 Å². The van der Waals surface area contributed by atoms with Gasteiger partial charge in [0.05, 0.1) is 11.4 Å². The Morgan fingerprint density at radius 2 is 1.48 bits per heavy atom. The van der Waals surface area contributed by atoms with Crippen LogP contribution in [0, 0.1) is 0 Å². The molecule has 0 aliphatic rings. The molecule has 0 atom stereocenters. The molecule has 25 heavy (non-hydrogen) atoms. The maximum absolute atomic E-state index is 11.4. The van der Waals surface area contributed by atoms with Crippen LogP contribution in [0.5, 0.6) is 0 Å². The van der Waals surface area contributed by atoms with Gasteiger partial charge in [-0.2, -0.15) is 0 Å². The van der Waals surface area contributed by atoms with Crippen molar-refractivity contribution in [1.29, 1.82) is 0 Å². The first-order chi connectivity index (χ1) is 11.4. The molecule has 5 heteroatoms. The molecule has 5 nitrogen and oxygen atoms in total. The third kappa shape index (κ3) is 4.41. The summed E-state index contributed by atoms with van der Waals surface area (Å²) in [4.78, 5) is 27.2. The van der Waals surface area contributed by atoms with Crippen LogP contribution >= 0.6 is 0 Å². The van der Waals surface area contributed by atoms with Crippen LogP contribution in [0.4, 0.5) is 11.8 Å². The van der Waals surface area contributed by atoms with E-state index in [0.29, 0.717) is 17.3 Å². The molecule has 0 fully saturated rings. The lowest BCUT2D eigenvalue weighted by atomic mass is 9.86. The molecule has 0 radical (unpaired) electrons. The lowest BCUT2D eigenvalue weighted by Gasteiger charge is -2.26. The first kappa shape index (κ1) is 19.0. The molecule has 2 aromatic heterocycles. The summed E-state index contributed by atoms with van der Waals surface area (Å²) in [5.74, 6) is 1.32. The van der Waals surface area contributed by atoms with Crippen molar-refractivity contribution in [3.63, 3.8) is 0 Å². The quantitative estimate of drug-likeness (QED) is 0.773. The number of carbonyl (C=O) groups excluding carboxylic acids is 1. The Bertz CT molecular complexity index is 736.